The van der Waals surface area contributed by atoms with Crippen molar-refractivity contribution in [3.8, 4) is 17.2 Å². The molecule has 162 valence electrons. The van der Waals surface area contributed by atoms with E-state index in [1.54, 1.807) is 12.1 Å². The zero-order valence-corrected chi connectivity index (χ0v) is 16.7. The van der Waals surface area contributed by atoms with Gasteiger partial charge in [0.25, 0.3) is 0 Å². The van der Waals surface area contributed by atoms with Gasteiger partial charge in [0.1, 0.15) is 12.7 Å². The zero-order valence-electron chi connectivity index (χ0n) is 15.9. The lowest BCUT2D eigenvalue weighted by Crippen LogP contribution is -2.17. The Morgan fingerprint density at radius 2 is 2.00 bits per heavy atom. The Balaban J connectivity index is 1.60. The Morgan fingerprint density at radius 3 is 2.74 bits per heavy atom. The molecule has 1 amide bonds. The van der Waals surface area contributed by atoms with Crippen molar-refractivity contribution in [1.29, 1.82) is 0 Å². The minimum atomic E-state index is -4.57. The van der Waals surface area contributed by atoms with Crippen molar-refractivity contribution < 1.29 is 27.4 Å². The third-order valence-electron chi connectivity index (χ3n) is 4.49. The highest BCUT2D eigenvalue weighted by atomic mass is 35.5. The van der Waals surface area contributed by atoms with Crippen molar-refractivity contribution in [2.75, 3.05) is 18.5 Å². The van der Waals surface area contributed by atoms with Crippen LogP contribution in [0.1, 0.15) is 17.5 Å². The maximum absolute atomic E-state index is 13.2. The molecule has 0 atom stereocenters. The van der Waals surface area contributed by atoms with Gasteiger partial charge >= 0.3 is 6.18 Å². The number of amides is 1. The van der Waals surface area contributed by atoms with E-state index in [4.69, 9.17) is 21.1 Å². The van der Waals surface area contributed by atoms with E-state index in [0.717, 1.165) is 12.1 Å². The number of aromatic nitrogens is 3. The summed E-state index contributed by atoms with van der Waals surface area (Å²) < 4.78 is 52.0. The number of carbonyl (C=O) groups excluding carboxylic acids is 1. The molecule has 0 saturated carbocycles. The summed E-state index contributed by atoms with van der Waals surface area (Å²) in [4.78, 5) is 16.5. The van der Waals surface area contributed by atoms with E-state index in [0.29, 0.717) is 41.7 Å². The average Bonchev–Trinajstić information content (AvgIpc) is 3.12. The molecule has 0 spiro atoms. The molecule has 0 fully saturated rings. The topological polar surface area (TPSA) is 78.3 Å². The molecule has 0 unspecified atom stereocenters. The molecule has 0 bridgehead atoms. The van der Waals surface area contributed by atoms with Crippen LogP contribution in [-0.4, -0.2) is 33.9 Å². The summed E-state index contributed by atoms with van der Waals surface area (Å²) in [6.07, 6.45) is -1.45. The van der Waals surface area contributed by atoms with Gasteiger partial charge in [-0.1, -0.05) is 11.6 Å². The summed E-state index contributed by atoms with van der Waals surface area (Å²) in [6, 6.07) is 6.19. The molecule has 0 radical (unpaired) electrons. The summed E-state index contributed by atoms with van der Waals surface area (Å²) in [5, 5.41) is 6.75. The molecule has 7 nitrogen and oxygen atoms in total. The van der Waals surface area contributed by atoms with Crippen LogP contribution >= 0.6 is 11.6 Å². The summed E-state index contributed by atoms with van der Waals surface area (Å²) in [6.45, 7) is 0.914. The first-order chi connectivity index (χ1) is 14.8. The first-order valence-electron chi connectivity index (χ1n) is 9.25. The van der Waals surface area contributed by atoms with Crippen LogP contribution in [0.15, 0.2) is 43.0 Å². The predicted octanol–water partition coefficient (Wildman–Crippen LogP) is 4.28. The summed E-state index contributed by atoms with van der Waals surface area (Å²) in [5.41, 5.74) is -0.173. The predicted molar refractivity (Wildman–Crippen MR) is 106 cm³/mol. The fourth-order valence-corrected chi connectivity index (χ4v) is 3.40. The maximum Gasteiger partial charge on any atom is 0.416 e. The summed E-state index contributed by atoms with van der Waals surface area (Å²) >= 11 is 6.25. The Labute approximate surface area is 179 Å². The largest absolute Gasteiger partial charge is 0.489 e. The Morgan fingerprint density at radius 1 is 1.19 bits per heavy atom. The molecule has 11 heteroatoms. The van der Waals surface area contributed by atoms with Crippen molar-refractivity contribution >= 4 is 23.2 Å². The van der Waals surface area contributed by atoms with Crippen LogP contribution < -0.4 is 14.8 Å². The van der Waals surface area contributed by atoms with E-state index in [1.165, 1.54) is 23.4 Å². The average molecular weight is 453 g/mol. The number of nitrogens with one attached hydrogen (secondary N) is 1. The number of hydrogen-bond donors (Lipinski definition) is 1. The van der Waals surface area contributed by atoms with Crippen molar-refractivity contribution in [3.63, 3.8) is 0 Å². The molecule has 1 aromatic heterocycles. The second kappa shape index (κ2) is 8.46. The van der Waals surface area contributed by atoms with Crippen LogP contribution in [0, 0.1) is 0 Å². The van der Waals surface area contributed by atoms with Gasteiger partial charge in [-0.2, -0.15) is 18.3 Å². The van der Waals surface area contributed by atoms with Gasteiger partial charge in [0, 0.05) is 6.42 Å². The molecule has 1 aliphatic heterocycles. The van der Waals surface area contributed by atoms with Crippen molar-refractivity contribution in [2.24, 2.45) is 0 Å². The molecule has 0 aliphatic carbocycles. The van der Waals surface area contributed by atoms with E-state index in [2.05, 4.69) is 15.4 Å². The van der Waals surface area contributed by atoms with E-state index in [-0.39, 0.29) is 17.8 Å². The van der Waals surface area contributed by atoms with Gasteiger partial charge in [0.2, 0.25) is 5.91 Å². The monoisotopic (exact) mass is 452 g/mol. The molecule has 3 aromatic rings. The highest BCUT2D eigenvalue weighted by Gasteiger charge is 2.31. The molecular formula is C20H16ClF3N4O3. The number of carbonyl (C=O) groups is 1. The van der Waals surface area contributed by atoms with E-state index >= 15 is 0 Å². The standard InChI is InChI=1S/C20H16ClF3N4O3/c21-14-6-12(7-17-19(14)31-5-1-4-30-17)8-18(29)27-15-9-13(20(22,23)24)2-3-16(15)28-11-25-10-26-28/h2-3,6-7,9-11H,1,4-5,8H2,(H,27,29). The zero-order chi connectivity index (χ0) is 22.0. The number of anilines is 1. The Bertz CT molecular complexity index is 1100. The SMILES string of the molecule is O=C(Cc1cc(Cl)c2c(c1)OCCCO2)Nc1cc(C(F)(F)F)ccc1-n1cncn1. The lowest BCUT2D eigenvalue weighted by atomic mass is 10.1. The highest BCUT2D eigenvalue weighted by Crippen LogP contribution is 2.38. The highest BCUT2D eigenvalue weighted by molar-refractivity contribution is 6.32. The molecule has 31 heavy (non-hydrogen) atoms. The van der Waals surface area contributed by atoms with Gasteiger partial charge in [-0.3, -0.25) is 4.79 Å². The number of rotatable bonds is 4. The third-order valence-corrected chi connectivity index (χ3v) is 4.77. The van der Waals surface area contributed by atoms with Gasteiger partial charge in [-0.25, -0.2) is 9.67 Å². The van der Waals surface area contributed by atoms with Crippen LogP contribution in [0.3, 0.4) is 0 Å². The lowest BCUT2D eigenvalue weighted by molar-refractivity contribution is -0.137. The maximum atomic E-state index is 13.2. The molecule has 0 saturated heterocycles. The van der Waals surface area contributed by atoms with Gasteiger partial charge < -0.3 is 14.8 Å². The van der Waals surface area contributed by atoms with E-state index in [9.17, 15) is 18.0 Å². The normalized spacial score (nSPS) is 13.5. The summed E-state index contributed by atoms with van der Waals surface area (Å²) in [7, 11) is 0. The fourth-order valence-electron chi connectivity index (χ4n) is 3.11. The van der Waals surface area contributed by atoms with Gasteiger partial charge in [-0.05, 0) is 35.9 Å². The number of halogens is 4. The van der Waals surface area contributed by atoms with Gasteiger partial charge in [0.15, 0.2) is 11.5 Å². The molecule has 2 aromatic carbocycles. The number of ether oxygens (including phenoxy) is 2. The molecule has 1 aliphatic rings. The van der Waals surface area contributed by atoms with Crippen molar-refractivity contribution in [3.05, 3.63) is 59.1 Å². The minimum absolute atomic E-state index is 0.0502. The lowest BCUT2D eigenvalue weighted by Gasteiger charge is -2.15. The third kappa shape index (κ3) is 4.74. The fraction of sp³-hybridized carbons (Fsp3) is 0.250. The minimum Gasteiger partial charge on any atom is -0.489 e. The van der Waals surface area contributed by atoms with Crippen molar-refractivity contribution in [2.45, 2.75) is 19.0 Å². The molecule has 2 heterocycles. The molecule has 1 N–H and O–H groups in total. The van der Waals surface area contributed by atoms with Crippen LogP contribution in [0.5, 0.6) is 11.5 Å². The number of hydrogen-bond acceptors (Lipinski definition) is 5. The first-order valence-corrected chi connectivity index (χ1v) is 9.63. The van der Waals surface area contributed by atoms with Crippen LogP contribution in [0.4, 0.5) is 18.9 Å². The number of fused-ring (bicyclic) bond motifs is 1. The van der Waals surface area contributed by atoms with Crippen LogP contribution in [0.2, 0.25) is 5.02 Å². The first kappa shape index (κ1) is 21.0. The second-order valence-electron chi connectivity index (χ2n) is 6.75. The second-order valence-corrected chi connectivity index (χ2v) is 7.16. The molecule has 4 rings (SSSR count). The Hall–Kier alpha value is -3.27. The van der Waals surface area contributed by atoms with Crippen LogP contribution in [-0.2, 0) is 17.4 Å². The number of nitrogens with zero attached hydrogens (tertiary/aromatic N) is 3. The Kier molecular flexibility index (Phi) is 5.73. The van der Waals surface area contributed by atoms with E-state index < -0.39 is 17.6 Å². The van der Waals surface area contributed by atoms with E-state index in [1.807, 2.05) is 0 Å². The smallest absolute Gasteiger partial charge is 0.416 e. The molecular weight excluding hydrogens is 437 g/mol. The van der Waals surface area contributed by atoms with Gasteiger partial charge in [-0.15, -0.1) is 0 Å². The van der Waals surface area contributed by atoms with Crippen molar-refractivity contribution in [1.82, 2.24) is 14.8 Å². The van der Waals surface area contributed by atoms with Gasteiger partial charge in [0.05, 0.1) is 41.6 Å². The number of benzene rings is 2. The van der Waals surface area contributed by atoms with Crippen LogP contribution in [0.25, 0.3) is 5.69 Å². The summed E-state index contributed by atoms with van der Waals surface area (Å²) in [5.74, 6) is 0.302. The number of alkyl halides is 3. The quantitative estimate of drug-likeness (QED) is 0.639.